The smallest absolute Gasteiger partial charge is 0.264 e. The van der Waals surface area contributed by atoms with Crippen molar-refractivity contribution in [3.05, 3.63) is 24.0 Å². The van der Waals surface area contributed by atoms with Gasteiger partial charge in [-0.05, 0) is 24.4 Å². The summed E-state index contributed by atoms with van der Waals surface area (Å²) in [6, 6.07) is 4.33. The summed E-state index contributed by atoms with van der Waals surface area (Å²) >= 11 is 4.89. The van der Waals surface area contributed by atoms with Crippen LogP contribution in [0.3, 0.4) is 0 Å². The molecule has 0 atom stereocenters. The Morgan fingerprint density at radius 2 is 2.07 bits per heavy atom. The van der Waals surface area contributed by atoms with Crippen molar-refractivity contribution in [3.63, 3.8) is 0 Å². The van der Waals surface area contributed by atoms with E-state index in [0.717, 1.165) is 0 Å². The molecule has 0 aromatic heterocycles. The Hall–Kier alpha value is -1.36. The van der Waals surface area contributed by atoms with Crippen molar-refractivity contribution in [2.75, 3.05) is 21.2 Å². The van der Waals surface area contributed by atoms with Crippen molar-refractivity contribution in [1.82, 2.24) is 4.90 Å². The highest BCUT2D eigenvalue weighted by Gasteiger charge is 2.08. The third-order valence-corrected chi connectivity index (χ3v) is 2.15. The van der Waals surface area contributed by atoms with Gasteiger partial charge in [0.1, 0.15) is 5.75 Å². The van der Waals surface area contributed by atoms with Gasteiger partial charge in [-0.15, -0.1) is 0 Å². The number of methoxy groups -OCH3 is 1. The van der Waals surface area contributed by atoms with Crippen molar-refractivity contribution in [3.8, 4) is 11.5 Å². The lowest BCUT2D eigenvalue weighted by Gasteiger charge is -2.14. The van der Waals surface area contributed by atoms with Crippen LogP contribution in [0.4, 0.5) is 4.39 Å². The van der Waals surface area contributed by atoms with Crippen LogP contribution in [0.25, 0.3) is 0 Å². The van der Waals surface area contributed by atoms with Crippen molar-refractivity contribution in [2.24, 2.45) is 0 Å². The van der Waals surface area contributed by atoms with E-state index in [4.69, 9.17) is 21.7 Å². The zero-order valence-corrected chi connectivity index (χ0v) is 9.60. The van der Waals surface area contributed by atoms with E-state index >= 15 is 0 Å². The summed E-state index contributed by atoms with van der Waals surface area (Å²) in [4.78, 5) is 1.58. The van der Waals surface area contributed by atoms with Gasteiger partial charge >= 0.3 is 0 Å². The normalized spacial score (nSPS) is 9.60. The Kier molecular flexibility index (Phi) is 3.85. The SMILES string of the molecule is COc1ccc(OC(=S)N(C)C)c(F)c1. The molecule has 0 aliphatic carbocycles. The van der Waals surface area contributed by atoms with Gasteiger partial charge in [0.25, 0.3) is 5.17 Å². The number of hydrogen-bond acceptors (Lipinski definition) is 3. The van der Waals surface area contributed by atoms with Gasteiger partial charge in [0, 0.05) is 20.2 Å². The number of thiocarbonyl (C=S) groups is 1. The summed E-state index contributed by atoms with van der Waals surface area (Å²) in [7, 11) is 4.92. The predicted molar refractivity (Wildman–Crippen MR) is 59.9 cm³/mol. The van der Waals surface area contributed by atoms with Gasteiger partial charge in [-0.3, -0.25) is 0 Å². The van der Waals surface area contributed by atoms with Crippen molar-refractivity contribution >= 4 is 17.4 Å². The summed E-state index contributed by atoms with van der Waals surface area (Å²) in [5.74, 6) is 0.0312. The topological polar surface area (TPSA) is 21.7 Å². The fourth-order valence-corrected chi connectivity index (χ4v) is 0.966. The van der Waals surface area contributed by atoms with Gasteiger partial charge in [0.2, 0.25) is 0 Å². The molecular formula is C10H12FNO2S. The number of ether oxygens (including phenoxy) is 2. The summed E-state index contributed by atoms with van der Waals surface area (Å²) in [5.41, 5.74) is 0. The standard InChI is InChI=1S/C10H12FNO2S/c1-12(2)10(15)14-9-5-4-7(13-3)6-8(9)11/h4-6H,1-3H3. The summed E-state index contributed by atoms with van der Waals surface area (Å²) in [6.45, 7) is 0. The molecule has 0 unspecified atom stereocenters. The van der Waals surface area contributed by atoms with E-state index in [1.807, 2.05) is 0 Å². The maximum atomic E-state index is 13.4. The Morgan fingerprint density at radius 3 is 2.53 bits per heavy atom. The molecule has 0 aliphatic rings. The first-order valence-corrected chi connectivity index (χ1v) is 4.68. The number of benzene rings is 1. The molecule has 0 saturated heterocycles. The van der Waals surface area contributed by atoms with Crippen molar-refractivity contribution in [2.45, 2.75) is 0 Å². The molecule has 0 heterocycles. The molecule has 1 aromatic carbocycles. The molecule has 0 saturated carbocycles. The highest BCUT2D eigenvalue weighted by Crippen LogP contribution is 2.22. The van der Waals surface area contributed by atoms with Crippen LogP contribution in [0.1, 0.15) is 0 Å². The first-order valence-electron chi connectivity index (χ1n) is 4.27. The molecule has 0 aliphatic heterocycles. The molecule has 1 aromatic rings. The second-order valence-corrected chi connectivity index (χ2v) is 3.41. The van der Waals surface area contributed by atoms with E-state index in [-0.39, 0.29) is 10.9 Å². The maximum Gasteiger partial charge on any atom is 0.264 e. The molecule has 3 nitrogen and oxygen atoms in total. The fraction of sp³-hybridized carbons (Fsp3) is 0.300. The lowest BCUT2D eigenvalue weighted by molar-refractivity contribution is 0.400. The van der Waals surface area contributed by atoms with Gasteiger partial charge in [0.05, 0.1) is 7.11 Å². The lowest BCUT2D eigenvalue weighted by Crippen LogP contribution is -2.25. The third kappa shape index (κ3) is 3.06. The van der Waals surface area contributed by atoms with Gasteiger partial charge < -0.3 is 14.4 Å². The molecule has 15 heavy (non-hydrogen) atoms. The van der Waals surface area contributed by atoms with Crippen LogP contribution in [0.2, 0.25) is 0 Å². The van der Waals surface area contributed by atoms with Crippen LogP contribution in [-0.2, 0) is 0 Å². The average Bonchev–Trinajstić information content (AvgIpc) is 2.20. The minimum Gasteiger partial charge on any atom is -0.497 e. The van der Waals surface area contributed by atoms with Crippen molar-refractivity contribution in [1.29, 1.82) is 0 Å². The summed E-state index contributed by atoms with van der Waals surface area (Å²) < 4.78 is 23.4. The molecule has 5 heteroatoms. The zero-order valence-electron chi connectivity index (χ0n) is 8.78. The summed E-state index contributed by atoms with van der Waals surface area (Å²) in [6.07, 6.45) is 0. The van der Waals surface area contributed by atoms with Crippen LogP contribution < -0.4 is 9.47 Å². The van der Waals surface area contributed by atoms with Crippen LogP contribution >= 0.6 is 12.2 Å². The molecular weight excluding hydrogens is 217 g/mol. The van der Waals surface area contributed by atoms with Crippen molar-refractivity contribution < 1.29 is 13.9 Å². The minimum absolute atomic E-state index is 0.0921. The summed E-state index contributed by atoms with van der Waals surface area (Å²) in [5, 5.41) is 0.207. The predicted octanol–water partition coefficient (Wildman–Crippen LogP) is 2.06. The zero-order chi connectivity index (χ0) is 11.4. The number of rotatable bonds is 2. The Balaban J connectivity index is 2.83. The van der Waals surface area contributed by atoms with E-state index < -0.39 is 5.82 Å². The van der Waals surface area contributed by atoms with Crippen LogP contribution in [0.15, 0.2) is 18.2 Å². The maximum absolute atomic E-state index is 13.4. The van der Waals surface area contributed by atoms with E-state index in [1.165, 1.54) is 19.2 Å². The lowest BCUT2D eigenvalue weighted by atomic mass is 10.3. The van der Waals surface area contributed by atoms with E-state index in [1.54, 1.807) is 25.1 Å². The van der Waals surface area contributed by atoms with E-state index in [2.05, 4.69) is 0 Å². The van der Waals surface area contributed by atoms with Crippen LogP contribution in [0, 0.1) is 5.82 Å². The van der Waals surface area contributed by atoms with Gasteiger partial charge in [0.15, 0.2) is 11.6 Å². The quantitative estimate of drug-likeness (QED) is 0.724. The number of halogens is 1. The van der Waals surface area contributed by atoms with Gasteiger partial charge in [-0.2, -0.15) is 0 Å². The largest absolute Gasteiger partial charge is 0.497 e. The molecule has 0 spiro atoms. The Morgan fingerprint density at radius 1 is 1.40 bits per heavy atom. The minimum atomic E-state index is -0.501. The highest BCUT2D eigenvalue weighted by molar-refractivity contribution is 7.80. The fourth-order valence-electron chi connectivity index (χ4n) is 0.877. The molecule has 1 rings (SSSR count). The molecule has 0 bridgehead atoms. The molecule has 0 amide bonds. The number of nitrogens with zero attached hydrogens (tertiary/aromatic N) is 1. The second-order valence-electron chi connectivity index (χ2n) is 3.06. The van der Waals surface area contributed by atoms with Crippen LogP contribution in [-0.4, -0.2) is 31.3 Å². The molecule has 0 N–H and O–H groups in total. The Labute approximate surface area is 93.4 Å². The van der Waals surface area contributed by atoms with Gasteiger partial charge in [-0.1, -0.05) is 0 Å². The first-order chi connectivity index (χ1) is 7.04. The average molecular weight is 229 g/mol. The van der Waals surface area contributed by atoms with E-state index in [9.17, 15) is 4.39 Å². The monoisotopic (exact) mass is 229 g/mol. The molecule has 0 radical (unpaired) electrons. The first kappa shape index (κ1) is 11.7. The Bertz CT molecular complexity index is 368. The highest BCUT2D eigenvalue weighted by atomic mass is 32.1. The van der Waals surface area contributed by atoms with Crippen LogP contribution in [0.5, 0.6) is 11.5 Å². The molecule has 0 fully saturated rings. The van der Waals surface area contributed by atoms with Gasteiger partial charge in [-0.25, -0.2) is 4.39 Å². The molecule has 82 valence electrons. The third-order valence-electron chi connectivity index (χ3n) is 1.70. The second kappa shape index (κ2) is 4.93. The van der Waals surface area contributed by atoms with E-state index in [0.29, 0.717) is 5.75 Å². The number of hydrogen-bond donors (Lipinski definition) is 0.